The van der Waals surface area contributed by atoms with E-state index < -0.39 is 6.03 Å². The van der Waals surface area contributed by atoms with Crippen LogP contribution in [-0.4, -0.2) is 42.4 Å². The standard InChI is InChI=1S/C23H28N4O4/c24-23(30)26-19-8-6-17(7-9-19)16-25-22(29)18-10-13-27(14-11-18)21(28)12-15-31-20-4-2-1-3-5-20/h1-9,18H,10-16H2,(H,25,29)(H3,24,26,30). The van der Waals surface area contributed by atoms with Crippen LogP contribution in [0.4, 0.5) is 10.5 Å². The number of rotatable bonds is 8. The van der Waals surface area contributed by atoms with Gasteiger partial charge < -0.3 is 26.0 Å². The van der Waals surface area contributed by atoms with E-state index >= 15 is 0 Å². The van der Waals surface area contributed by atoms with E-state index in [4.69, 9.17) is 10.5 Å². The largest absolute Gasteiger partial charge is 0.493 e. The summed E-state index contributed by atoms with van der Waals surface area (Å²) in [6.45, 7) is 1.91. The summed E-state index contributed by atoms with van der Waals surface area (Å²) in [5.74, 6) is 0.711. The Kier molecular flexibility index (Phi) is 7.86. The molecule has 0 atom stereocenters. The molecule has 0 bridgehead atoms. The summed E-state index contributed by atoms with van der Waals surface area (Å²) in [4.78, 5) is 37.5. The zero-order valence-corrected chi connectivity index (χ0v) is 17.4. The summed E-state index contributed by atoms with van der Waals surface area (Å²) in [6.07, 6.45) is 1.63. The van der Waals surface area contributed by atoms with Crippen molar-refractivity contribution in [3.63, 3.8) is 0 Å². The van der Waals surface area contributed by atoms with Gasteiger partial charge in [0, 0.05) is 31.2 Å². The zero-order valence-electron chi connectivity index (χ0n) is 17.4. The van der Waals surface area contributed by atoms with Gasteiger partial charge in [-0.25, -0.2) is 4.79 Å². The Morgan fingerprint density at radius 3 is 2.32 bits per heavy atom. The first kappa shape index (κ1) is 22.1. The number of hydrogen-bond donors (Lipinski definition) is 3. The number of ether oxygens (including phenoxy) is 1. The van der Waals surface area contributed by atoms with E-state index in [9.17, 15) is 14.4 Å². The number of nitrogens with zero attached hydrogens (tertiary/aromatic N) is 1. The topological polar surface area (TPSA) is 114 Å². The molecule has 164 valence electrons. The van der Waals surface area contributed by atoms with Gasteiger partial charge in [0.05, 0.1) is 13.0 Å². The molecule has 1 heterocycles. The number of amides is 4. The smallest absolute Gasteiger partial charge is 0.316 e. The number of benzene rings is 2. The molecule has 1 aliphatic rings. The lowest BCUT2D eigenvalue weighted by molar-refractivity contribution is -0.136. The van der Waals surface area contributed by atoms with E-state index in [2.05, 4.69) is 10.6 Å². The molecule has 4 N–H and O–H groups in total. The Morgan fingerprint density at radius 1 is 1.00 bits per heavy atom. The maximum Gasteiger partial charge on any atom is 0.316 e. The molecule has 31 heavy (non-hydrogen) atoms. The van der Waals surface area contributed by atoms with E-state index in [0.717, 1.165) is 11.3 Å². The molecule has 0 radical (unpaired) electrons. The number of primary amides is 1. The Balaban J connectivity index is 1.35. The first-order chi connectivity index (χ1) is 15.0. The van der Waals surface area contributed by atoms with Crippen LogP contribution in [0.25, 0.3) is 0 Å². The molecule has 8 nitrogen and oxygen atoms in total. The van der Waals surface area contributed by atoms with Crippen molar-refractivity contribution in [2.75, 3.05) is 25.0 Å². The highest BCUT2D eigenvalue weighted by Crippen LogP contribution is 2.19. The zero-order chi connectivity index (χ0) is 22.1. The predicted molar refractivity (Wildman–Crippen MR) is 117 cm³/mol. The van der Waals surface area contributed by atoms with Crippen LogP contribution in [0, 0.1) is 5.92 Å². The number of carbonyl (C=O) groups is 3. The van der Waals surface area contributed by atoms with Crippen molar-refractivity contribution in [1.29, 1.82) is 0 Å². The lowest BCUT2D eigenvalue weighted by atomic mass is 9.95. The molecule has 8 heteroatoms. The number of piperidine rings is 1. The normalized spacial score (nSPS) is 14.0. The predicted octanol–water partition coefficient (Wildman–Crippen LogP) is 2.50. The van der Waals surface area contributed by atoms with Gasteiger partial charge in [-0.3, -0.25) is 9.59 Å². The van der Waals surface area contributed by atoms with Crippen molar-refractivity contribution in [2.24, 2.45) is 11.7 Å². The van der Waals surface area contributed by atoms with Crippen LogP contribution < -0.4 is 21.1 Å². The van der Waals surface area contributed by atoms with E-state index in [1.807, 2.05) is 47.4 Å². The third-order valence-corrected chi connectivity index (χ3v) is 5.23. The average Bonchev–Trinajstić information content (AvgIpc) is 2.79. The molecule has 4 amide bonds. The van der Waals surface area contributed by atoms with Crippen molar-refractivity contribution in [1.82, 2.24) is 10.2 Å². The van der Waals surface area contributed by atoms with Crippen molar-refractivity contribution in [3.05, 3.63) is 60.2 Å². The summed E-state index contributed by atoms with van der Waals surface area (Å²) < 4.78 is 5.59. The van der Waals surface area contributed by atoms with Gasteiger partial charge in [0.15, 0.2) is 0 Å². The maximum atomic E-state index is 12.5. The second kappa shape index (κ2) is 11.0. The minimum absolute atomic E-state index is 0.00107. The Labute approximate surface area is 181 Å². The van der Waals surface area contributed by atoms with Crippen LogP contribution in [0.15, 0.2) is 54.6 Å². The fourth-order valence-electron chi connectivity index (χ4n) is 3.50. The van der Waals surface area contributed by atoms with Gasteiger partial charge in [0.1, 0.15) is 5.75 Å². The Bertz CT molecular complexity index is 878. The number of urea groups is 1. The molecule has 1 saturated heterocycles. The fourth-order valence-corrected chi connectivity index (χ4v) is 3.50. The third-order valence-electron chi connectivity index (χ3n) is 5.23. The Morgan fingerprint density at radius 2 is 1.68 bits per heavy atom. The van der Waals surface area contributed by atoms with Crippen LogP contribution in [0.5, 0.6) is 5.75 Å². The van der Waals surface area contributed by atoms with Gasteiger partial charge >= 0.3 is 6.03 Å². The SMILES string of the molecule is NC(=O)Nc1ccc(CNC(=O)C2CCN(C(=O)CCOc3ccccc3)CC2)cc1. The van der Waals surface area contributed by atoms with Gasteiger partial charge in [-0.05, 0) is 42.7 Å². The number of nitrogens with two attached hydrogens (primary N) is 1. The molecule has 0 unspecified atom stereocenters. The molecule has 2 aromatic carbocycles. The van der Waals surface area contributed by atoms with Gasteiger partial charge in [0.2, 0.25) is 11.8 Å². The minimum atomic E-state index is -0.616. The van der Waals surface area contributed by atoms with E-state index in [1.165, 1.54) is 0 Å². The number of anilines is 1. The van der Waals surface area contributed by atoms with Gasteiger partial charge in [-0.2, -0.15) is 0 Å². The van der Waals surface area contributed by atoms with Crippen LogP contribution in [0.2, 0.25) is 0 Å². The molecule has 2 aromatic rings. The molecule has 1 fully saturated rings. The van der Waals surface area contributed by atoms with Gasteiger partial charge in [-0.1, -0.05) is 30.3 Å². The summed E-state index contributed by atoms with van der Waals surface area (Å²) in [6, 6.07) is 15.9. The van der Waals surface area contributed by atoms with E-state index in [0.29, 0.717) is 51.2 Å². The van der Waals surface area contributed by atoms with Crippen LogP contribution >= 0.6 is 0 Å². The number of hydrogen-bond acceptors (Lipinski definition) is 4. The van der Waals surface area contributed by atoms with Gasteiger partial charge in [-0.15, -0.1) is 0 Å². The lowest BCUT2D eigenvalue weighted by Crippen LogP contribution is -2.43. The van der Waals surface area contributed by atoms with E-state index in [-0.39, 0.29) is 17.7 Å². The molecule has 0 aliphatic carbocycles. The minimum Gasteiger partial charge on any atom is -0.493 e. The van der Waals surface area contributed by atoms with Crippen LogP contribution in [0.1, 0.15) is 24.8 Å². The molecular weight excluding hydrogens is 396 g/mol. The summed E-state index contributed by atoms with van der Waals surface area (Å²) in [5, 5.41) is 5.45. The van der Waals surface area contributed by atoms with Crippen molar-refractivity contribution in [3.8, 4) is 5.75 Å². The summed E-state index contributed by atoms with van der Waals surface area (Å²) in [5.41, 5.74) is 6.61. The molecule has 1 aliphatic heterocycles. The average molecular weight is 425 g/mol. The van der Waals surface area contributed by atoms with Crippen LogP contribution in [0.3, 0.4) is 0 Å². The second-order valence-corrected chi connectivity index (χ2v) is 7.47. The monoisotopic (exact) mass is 424 g/mol. The fraction of sp³-hybridized carbons (Fsp3) is 0.348. The highest BCUT2D eigenvalue weighted by atomic mass is 16.5. The van der Waals surface area contributed by atoms with Gasteiger partial charge in [0.25, 0.3) is 0 Å². The molecule has 0 spiro atoms. The number of carbonyl (C=O) groups excluding carboxylic acids is 3. The number of likely N-dealkylation sites (tertiary alicyclic amines) is 1. The summed E-state index contributed by atoms with van der Waals surface area (Å²) in [7, 11) is 0. The molecule has 0 saturated carbocycles. The maximum absolute atomic E-state index is 12.5. The Hall–Kier alpha value is -3.55. The summed E-state index contributed by atoms with van der Waals surface area (Å²) >= 11 is 0. The lowest BCUT2D eigenvalue weighted by Gasteiger charge is -2.31. The number of para-hydroxylation sites is 1. The first-order valence-electron chi connectivity index (χ1n) is 10.4. The highest BCUT2D eigenvalue weighted by molar-refractivity contribution is 5.87. The van der Waals surface area contributed by atoms with Crippen molar-refractivity contribution < 1.29 is 19.1 Å². The first-order valence-corrected chi connectivity index (χ1v) is 10.4. The third kappa shape index (κ3) is 7.02. The van der Waals surface area contributed by atoms with Crippen molar-refractivity contribution >= 4 is 23.5 Å². The molecular formula is C23H28N4O4. The number of nitrogens with one attached hydrogen (secondary N) is 2. The van der Waals surface area contributed by atoms with E-state index in [1.54, 1.807) is 12.1 Å². The molecule has 3 rings (SSSR count). The highest BCUT2D eigenvalue weighted by Gasteiger charge is 2.27. The second-order valence-electron chi connectivity index (χ2n) is 7.47. The quantitative estimate of drug-likeness (QED) is 0.604. The molecule has 0 aromatic heterocycles. The van der Waals surface area contributed by atoms with Crippen molar-refractivity contribution in [2.45, 2.75) is 25.8 Å². The van der Waals surface area contributed by atoms with Crippen LogP contribution in [-0.2, 0) is 16.1 Å².